The molecule has 2 aliphatic heterocycles. The summed E-state index contributed by atoms with van der Waals surface area (Å²) in [6, 6.07) is 14.2. The van der Waals surface area contributed by atoms with E-state index in [-0.39, 0.29) is 11.9 Å². The van der Waals surface area contributed by atoms with Gasteiger partial charge in [-0.3, -0.25) is 9.69 Å². The molecule has 2 aliphatic rings. The molecule has 0 radical (unpaired) electrons. The number of carbonyl (C=O) groups is 1. The van der Waals surface area contributed by atoms with Gasteiger partial charge in [-0.1, -0.05) is 29.4 Å². The first-order valence-corrected chi connectivity index (χ1v) is 10.5. The summed E-state index contributed by atoms with van der Waals surface area (Å²) in [5, 5.41) is 14.1. The third-order valence-electron chi connectivity index (χ3n) is 6.32. The Labute approximate surface area is 181 Å². The van der Waals surface area contributed by atoms with Crippen molar-refractivity contribution in [2.45, 2.75) is 38.3 Å². The van der Waals surface area contributed by atoms with Gasteiger partial charge in [0.1, 0.15) is 17.7 Å². The third-order valence-corrected chi connectivity index (χ3v) is 6.32. The maximum absolute atomic E-state index is 13.5. The molecule has 0 spiro atoms. The summed E-state index contributed by atoms with van der Waals surface area (Å²) in [4.78, 5) is 20.1. The summed E-state index contributed by atoms with van der Waals surface area (Å²) in [5.41, 5.74) is 1.66. The molecule has 2 aromatic carbocycles. The Morgan fingerprint density at radius 1 is 1.26 bits per heavy atom. The van der Waals surface area contributed by atoms with E-state index in [1.807, 2.05) is 18.2 Å². The summed E-state index contributed by atoms with van der Waals surface area (Å²) in [6.07, 6.45) is 1.70. The van der Waals surface area contributed by atoms with Crippen LogP contribution in [-0.4, -0.2) is 48.0 Å². The first-order valence-electron chi connectivity index (χ1n) is 10.5. The molecular formula is C24H27FN2O4. The second kappa shape index (κ2) is 9.06. The molecule has 2 aromatic rings. The van der Waals surface area contributed by atoms with Crippen molar-refractivity contribution in [3.05, 3.63) is 65.5 Å². The van der Waals surface area contributed by atoms with Gasteiger partial charge in [0, 0.05) is 24.9 Å². The fourth-order valence-electron chi connectivity index (χ4n) is 4.49. The molecule has 164 valence electrons. The van der Waals surface area contributed by atoms with E-state index in [2.05, 4.69) is 16.1 Å². The van der Waals surface area contributed by atoms with Crippen LogP contribution in [0.15, 0.2) is 53.7 Å². The number of hydrogen-bond donors (Lipinski definition) is 1. The van der Waals surface area contributed by atoms with Crippen molar-refractivity contribution in [1.29, 1.82) is 0 Å². The average Bonchev–Trinajstić information content (AvgIpc) is 3.23. The number of rotatable bonds is 7. The molecule has 0 unspecified atom stereocenters. The molecule has 0 saturated carbocycles. The number of ether oxygens (including phenoxy) is 1. The Hall–Kier alpha value is -2.93. The predicted octanol–water partition coefficient (Wildman–Crippen LogP) is 4.08. The smallest absolute Gasteiger partial charge is 0.309 e. The van der Waals surface area contributed by atoms with Crippen LogP contribution in [-0.2, 0) is 16.2 Å². The lowest BCUT2D eigenvalue weighted by atomic mass is 9.73. The van der Waals surface area contributed by atoms with Crippen LogP contribution in [0.4, 0.5) is 4.39 Å². The SMILES string of the molecule is COc1cccc(CN2CCC(C[C@H]3CC(c4cccc(F)c4)=NO3)(C(=O)O)CC2)c1. The van der Waals surface area contributed by atoms with Gasteiger partial charge < -0.3 is 14.7 Å². The van der Waals surface area contributed by atoms with Crippen molar-refractivity contribution in [2.24, 2.45) is 10.6 Å². The number of hydrogen-bond acceptors (Lipinski definition) is 5. The number of methoxy groups -OCH3 is 1. The minimum atomic E-state index is -0.831. The van der Waals surface area contributed by atoms with Gasteiger partial charge in [0.05, 0.1) is 18.2 Å². The van der Waals surface area contributed by atoms with E-state index in [1.165, 1.54) is 12.1 Å². The first-order chi connectivity index (χ1) is 15.0. The molecule has 0 aromatic heterocycles. The van der Waals surface area contributed by atoms with E-state index in [1.54, 1.807) is 19.2 Å². The lowest BCUT2D eigenvalue weighted by molar-refractivity contribution is -0.155. The summed E-state index contributed by atoms with van der Waals surface area (Å²) >= 11 is 0. The average molecular weight is 426 g/mol. The molecule has 2 heterocycles. The maximum Gasteiger partial charge on any atom is 0.309 e. The molecule has 31 heavy (non-hydrogen) atoms. The van der Waals surface area contributed by atoms with Crippen molar-refractivity contribution < 1.29 is 23.9 Å². The lowest BCUT2D eigenvalue weighted by Crippen LogP contribution is -2.45. The van der Waals surface area contributed by atoms with Crippen LogP contribution in [0.5, 0.6) is 5.75 Å². The number of carboxylic acids is 1. The van der Waals surface area contributed by atoms with Gasteiger partial charge in [0.25, 0.3) is 0 Å². The van der Waals surface area contributed by atoms with Crippen LogP contribution < -0.4 is 4.74 Å². The van der Waals surface area contributed by atoms with Crippen LogP contribution in [0.2, 0.25) is 0 Å². The van der Waals surface area contributed by atoms with E-state index < -0.39 is 11.4 Å². The molecule has 0 aliphatic carbocycles. The molecule has 1 N–H and O–H groups in total. The highest BCUT2D eigenvalue weighted by atomic mass is 19.1. The van der Waals surface area contributed by atoms with Crippen molar-refractivity contribution in [2.75, 3.05) is 20.2 Å². The molecule has 1 saturated heterocycles. The van der Waals surface area contributed by atoms with Crippen LogP contribution >= 0.6 is 0 Å². The minimum Gasteiger partial charge on any atom is -0.497 e. The third kappa shape index (κ3) is 4.88. The monoisotopic (exact) mass is 426 g/mol. The minimum absolute atomic E-state index is 0.306. The number of aliphatic carboxylic acids is 1. The number of benzene rings is 2. The van der Waals surface area contributed by atoms with Crippen molar-refractivity contribution in [1.82, 2.24) is 4.90 Å². The van der Waals surface area contributed by atoms with Crippen LogP contribution in [0, 0.1) is 11.2 Å². The molecule has 7 heteroatoms. The fraction of sp³-hybridized carbons (Fsp3) is 0.417. The zero-order valence-corrected chi connectivity index (χ0v) is 17.6. The van der Waals surface area contributed by atoms with Gasteiger partial charge in [0.15, 0.2) is 0 Å². The highest BCUT2D eigenvalue weighted by Crippen LogP contribution is 2.39. The number of carboxylic acid groups (broad SMARTS) is 1. The van der Waals surface area contributed by atoms with Gasteiger partial charge in [-0.15, -0.1) is 0 Å². The second-order valence-corrected chi connectivity index (χ2v) is 8.40. The van der Waals surface area contributed by atoms with Crippen molar-refractivity contribution in [3.63, 3.8) is 0 Å². The van der Waals surface area contributed by atoms with E-state index in [0.29, 0.717) is 50.0 Å². The number of oxime groups is 1. The number of nitrogens with zero attached hydrogens (tertiary/aromatic N) is 2. The topological polar surface area (TPSA) is 71.4 Å². The quantitative estimate of drug-likeness (QED) is 0.722. The summed E-state index contributed by atoms with van der Waals surface area (Å²) < 4.78 is 18.8. The van der Waals surface area contributed by atoms with Crippen molar-refractivity contribution >= 4 is 11.7 Å². The normalized spacial score (nSPS) is 20.7. The maximum atomic E-state index is 13.5. The zero-order valence-electron chi connectivity index (χ0n) is 17.6. The summed E-state index contributed by atoms with van der Waals surface area (Å²) in [7, 11) is 1.65. The molecule has 1 atom stereocenters. The Balaban J connectivity index is 1.36. The largest absolute Gasteiger partial charge is 0.497 e. The molecule has 4 rings (SSSR count). The van der Waals surface area contributed by atoms with Crippen LogP contribution in [0.25, 0.3) is 0 Å². The van der Waals surface area contributed by atoms with Gasteiger partial charge in [0.2, 0.25) is 0 Å². The number of halogens is 1. The van der Waals surface area contributed by atoms with E-state index in [4.69, 9.17) is 9.57 Å². The van der Waals surface area contributed by atoms with Crippen LogP contribution in [0.3, 0.4) is 0 Å². The lowest BCUT2D eigenvalue weighted by Gasteiger charge is -2.39. The van der Waals surface area contributed by atoms with Gasteiger partial charge in [-0.25, -0.2) is 4.39 Å². The number of piperidine rings is 1. The van der Waals surface area contributed by atoms with Gasteiger partial charge in [-0.05, 0) is 55.8 Å². The van der Waals surface area contributed by atoms with E-state index >= 15 is 0 Å². The summed E-state index contributed by atoms with van der Waals surface area (Å²) in [5.74, 6) is -0.285. The zero-order chi connectivity index (χ0) is 21.8. The highest BCUT2D eigenvalue weighted by Gasteiger charge is 2.44. The molecule has 1 fully saturated rings. The highest BCUT2D eigenvalue weighted by molar-refractivity contribution is 6.01. The standard InChI is InChI=1S/C24H27FN2O4/c1-30-20-7-2-4-17(12-20)16-27-10-8-24(9-11-27,23(28)29)15-21-14-22(26-31-21)18-5-3-6-19(25)13-18/h2-7,12-13,21H,8-11,14-16H2,1H3,(H,28,29)/t21-/m1/s1. The summed E-state index contributed by atoms with van der Waals surface area (Å²) in [6.45, 7) is 2.17. The molecular weight excluding hydrogens is 399 g/mol. The predicted molar refractivity (Wildman–Crippen MR) is 115 cm³/mol. The van der Waals surface area contributed by atoms with Gasteiger partial charge >= 0.3 is 5.97 Å². The molecule has 6 nitrogen and oxygen atoms in total. The fourth-order valence-corrected chi connectivity index (χ4v) is 4.49. The Morgan fingerprint density at radius 2 is 2.03 bits per heavy atom. The van der Waals surface area contributed by atoms with E-state index in [9.17, 15) is 14.3 Å². The Bertz CT molecular complexity index is 970. The molecule has 0 amide bonds. The Kier molecular flexibility index (Phi) is 6.23. The second-order valence-electron chi connectivity index (χ2n) is 8.40. The van der Waals surface area contributed by atoms with Crippen molar-refractivity contribution in [3.8, 4) is 5.75 Å². The molecule has 0 bridgehead atoms. The first kappa shape index (κ1) is 21.3. The number of likely N-dealkylation sites (tertiary alicyclic amines) is 1. The van der Waals surface area contributed by atoms with E-state index in [0.717, 1.165) is 17.9 Å². The Morgan fingerprint density at radius 3 is 2.74 bits per heavy atom. The van der Waals surface area contributed by atoms with Gasteiger partial charge in [-0.2, -0.15) is 0 Å². The van der Waals surface area contributed by atoms with Crippen LogP contribution in [0.1, 0.15) is 36.8 Å².